The van der Waals surface area contributed by atoms with Crippen LogP contribution < -0.4 is 15.4 Å². The quantitative estimate of drug-likeness (QED) is 0.452. The van der Waals surface area contributed by atoms with E-state index in [2.05, 4.69) is 27.0 Å². The van der Waals surface area contributed by atoms with Gasteiger partial charge < -0.3 is 25.2 Å². The van der Waals surface area contributed by atoms with E-state index in [0.717, 1.165) is 16.7 Å². The number of aliphatic hydroxyl groups excluding tert-OH is 1. The van der Waals surface area contributed by atoms with Crippen molar-refractivity contribution < 1.29 is 24.2 Å². The highest BCUT2D eigenvalue weighted by molar-refractivity contribution is 7.07. The zero-order valence-corrected chi connectivity index (χ0v) is 23.1. The summed E-state index contributed by atoms with van der Waals surface area (Å²) in [6, 6.07) is 17.2. The highest BCUT2D eigenvalue weighted by Gasteiger charge is 2.39. The lowest BCUT2D eigenvalue weighted by atomic mass is 9.99. The number of nitrogens with one attached hydrogen (secondary N) is 2. The molecular weight excluding hydrogens is 526 g/mol. The first-order valence-corrected chi connectivity index (χ1v) is 15.0. The minimum atomic E-state index is -0.622. The minimum absolute atomic E-state index is 0.0984. The number of ether oxygens (including phenoxy) is 2. The van der Waals surface area contributed by atoms with Gasteiger partial charge in [0.15, 0.2) is 0 Å². The number of aliphatic hydroxyl groups is 1. The van der Waals surface area contributed by atoms with Crippen LogP contribution in [0, 0.1) is 0 Å². The Hall–Kier alpha value is -3.24. The maximum atomic E-state index is 13.6. The fourth-order valence-electron chi connectivity index (χ4n) is 5.94. The number of carbonyl (C=O) groups excluding carboxylic acids is 2. The number of hydrogen-bond acceptors (Lipinski definition) is 7. The smallest absolute Gasteiger partial charge is 0.255 e. The average molecular weight is 562 g/mol. The number of hydrogen-bond donors (Lipinski definition) is 3. The molecule has 6 rings (SSSR count). The number of fused-ring (bicyclic) bond motifs is 5. The van der Waals surface area contributed by atoms with E-state index in [9.17, 15) is 14.7 Å². The van der Waals surface area contributed by atoms with Gasteiger partial charge >= 0.3 is 0 Å². The van der Waals surface area contributed by atoms with Crippen LogP contribution in [0.2, 0.25) is 0 Å². The molecule has 3 aliphatic heterocycles. The molecule has 8 nitrogen and oxygen atoms in total. The lowest BCUT2D eigenvalue weighted by Gasteiger charge is -2.34. The van der Waals surface area contributed by atoms with Crippen molar-refractivity contribution in [1.29, 1.82) is 0 Å². The Kier molecular flexibility index (Phi) is 8.15. The molecule has 0 saturated carbocycles. The van der Waals surface area contributed by atoms with Crippen LogP contribution in [-0.4, -0.2) is 71.9 Å². The van der Waals surface area contributed by atoms with Crippen LogP contribution in [0.15, 0.2) is 65.4 Å². The van der Waals surface area contributed by atoms with Crippen LogP contribution in [-0.2, 0) is 16.1 Å². The molecule has 3 aromatic rings. The first kappa shape index (κ1) is 27.0. The molecule has 0 radical (unpaired) electrons. The summed E-state index contributed by atoms with van der Waals surface area (Å²) in [5.41, 5.74) is 3.63. The summed E-state index contributed by atoms with van der Waals surface area (Å²) >= 11 is 1.63. The zero-order chi connectivity index (χ0) is 27.5. The van der Waals surface area contributed by atoms with Crippen LogP contribution in [0.1, 0.15) is 41.6 Å². The van der Waals surface area contributed by atoms with Crippen molar-refractivity contribution in [3.8, 4) is 16.9 Å². The van der Waals surface area contributed by atoms with E-state index < -0.39 is 18.2 Å². The number of amides is 2. The number of nitrogens with zero attached hydrogens (tertiary/aromatic N) is 1. The summed E-state index contributed by atoms with van der Waals surface area (Å²) in [4.78, 5) is 29.1. The van der Waals surface area contributed by atoms with E-state index in [-0.39, 0.29) is 30.5 Å². The summed E-state index contributed by atoms with van der Waals surface area (Å²) in [5.74, 6) is 0.217. The van der Waals surface area contributed by atoms with E-state index in [1.807, 2.05) is 53.9 Å². The Labute approximate surface area is 238 Å². The number of carbonyl (C=O) groups is 2. The van der Waals surface area contributed by atoms with Gasteiger partial charge in [-0.3, -0.25) is 14.5 Å². The summed E-state index contributed by atoms with van der Waals surface area (Å²) in [5, 5.41) is 20.9. The molecule has 4 bridgehead atoms. The fraction of sp³-hybridized carbons (Fsp3) is 0.419. The second-order valence-electron chi connectivity index (χ2n) is 10.9. The Morgan fingerprint density at radius 1 is 1.02 bits per heavy atom. The second kappa shape index (κ2) is 12.1. The van der Waals surface area contributed by atoms with Gasteiger partial charge in [-0.15, -0.1) is 0 Å². The normalized spacial score (nSPS) is 27.8. The molecule has 2 aromatic carbocycles. The van der Waals surface area contributed by atoms with Crippen molar-refractivity contribution in [2.75, 3.05) is 19.7 Å². The third kappa shape index (κ3) is 6.07. The standard InChI is InChI=1S/C31H35N3O5S/c35-27-9-7-24-10-12-38-28-14-22(21-4-2-1-3-5-21)6-8-25(28)30(36)33-23-15-26(31(37)32-16-29(27)39-24)34(18-23)17-20-11-13-40-19-20/h1-6,8,11,13-14,19,23-24,26-27,29,35H,7,9-10,12,15-18H2,(H,32,37)(H,33,36)/t23-,24-,26-,27-,29+/m0/s1. The molecule has 1 aromatic heterocycles. The molecule has 210 valence electrons. The molecule has 40 heavy (non-hydrogen) atoms. The molecular formula is C31H35N3O5S. The van der Waals surface area contributed by atoms with Gasteiger partial charge in [-0.25, -0.2) is 0 Å². The van der Waals surface area contributed by atoms with Crippen molar-refractivity contribution in [1.82, 2.24) is 15.5 Å². The first-order valence-electron chi connectivity index (χ1n) is 14.0. The predicted octanol–water partition coefficient (Wildman–Crippen LogP) is 3.60. The molecule has 3 N–H and O–H groups in total. The van der Waals surface area contributed by atoms with Crippen LogP contribution in [0.4, 0.5) is 0 Å². The highest BCUT2D eigenvalue weighted by Crippen LogP contribution is 2.30. The molecule has 2 saturated heterocycles. The summed E-state index contributed by atoms with van der Waals surface area (Å²) < 4.78 is 12.4. The molecule has 2 amide bonds. The third-order valence-corrected chi connectivity index (χ3v) is 8.83. The Balaban J connectivity index is 1.29. The van der Waals surface area contributed by atoms with Crippen molar-refractivity contribution >= 4 is 23.2 Å². The SMILES string of the molecule is O=C1N[C@H]2C[C@@H](C(=O)NC[C@H]3O[C@H](CCOc4cc(-c5ccccc5)ccc41)CC[C@@H]3O)N(Cc1ccsc1)C2. The Morgan fingerprint density at radius 2 is 1.90 bits per heavy atom. The predicted molar refractivity (Wildman–Crippen MR) is 153 cm³/mol. The van der Waals surface area contributed by atoms with Crippen molar-refractivity contribution in [3.05, 3.63) is 76.5 Å². The van der Waals surface area contributed by atoms with E-state index in [4.69, 9.17) is 9.47 Å². The van der Waals surface area contributed by atoms with Crippen LogP contribution in [0.5, 0.6) is 5.75 Å². The zero-order valence-electron chi connectivity index (χ0n) is 22.3. The molecule has 3 aliphatic rings. The van der Waals surface area contributed by atoms with Gasteiger partial charge in [-0.1, -0.05) is 36.4 Å². The molecule has 2 fully saturated rings. The van der Waals surface area contributed by atoms with Gasteiger partial charge in [0.05, 0.1) is 30.4 Å². The number of rotatable bonds is 3. The molecule has 0 spiro atoms. The van der Waals surface area contributed by atoms with Gasteiger partial charge in [0, 0.05) is 32.1 Å². The van der Waals surface area contributed by atoms with E-state index >= 15 is 0 Å². The van der Waals surface area contributed by atoms with E-state index in [1.54, 1.807) is 11.3 Å². The number of likely N-dealkylation sites (tertiary alicyclic amines) is 1. The lowest BCUT2D eigenvalue weighted by Crippen LogP contribution is -2.50. The fourth-order valence-corrected chi connectivity index (χ4v) is 6.60. The first-order chi connectivity index (χ1) is 19.5. The van der Waals surface area contributed by atoms with Crippen LogP contribution in [0.25, 0.3) is 11.1 Å². The maximum absolute atomic E-state index is 13.6. The van der Waals surface area contributed by atoms with Gasteiger partial charge in [0.1, 0.15) is 11.9 Å². The summed E-state index contributed by atoms with van der Waals surface area (Å²) in [7, 11) is 0. The van der Waals surface area contributed by atoms with Gasteiger partial charge in [0.2, 0.25) is 5.91 Å². The van der Waals surface area contributed by atoms with Crippen LogP contribution in [0.3, 0.4) is 0 Å². The van der Waals surface area contributed by atoms with Crippen molar-refractivity contribution in [2.24, 2.45) is 0 Å². The molecule has 0 aliphatic carbocycles. The molecule has 9 heteroatoms. The molecule has 5 atom stereocenters. The molecule has 0 unspecified atom stereocenters. The summed E-state index contributed by atoms with van der Waals surface area (Å²) in [6.45, 7) is 1.81. The monoisotopic (exact) mass is 561 g/mol. The van der Waals surface area contributed by atoms with E-state index in [0.29, 0.717) is 56.7 Å². The van der Waals surface area contributed by atoms with Crippen LogP contribution >= 0.6 is 11.3 Å². The van der Waals surface area contributed by atoms with Gasteiger partial charge in [-0.05, 0) is 64.9 Å². The Morgan fingerprint density at radius 3 is 2.73 bits per heavy atom. The number of thiophene rings is 1. The summed E-state index contributed by atoms with van der Waals surface area (Å²) in [6.07, 6.45) is 1.25. The third-order valence-electron chi connectivity index (χ3n) is 8.10. The lowest BCUT2D eigenvalue weighted by molar-refractivity contribution is -0.133. The van der Waals surface area contributed by atoms with Crippen molar-refractivity contribution in [3.63, 3.8) is 0 Å². The topological polar surface area (TPSA) is 100 Å². The van der Waals surface area contributed by atoms with E-state index in [1.165, 1.54) is 0 Å². The number of benzene rings is 2. The maximum Gasteiger partial charge on any atom is 0.255 e. The minimum Gasteiger partial charge on any atom is -0.493 e. The second-order valence-corrected chi connectivity index (χ2v) is 11.7. The van der Waals surface area contributed by atoms with Gasteiger partial charge in [0.25, 0.3) is 5.91 Å². The molecule has 4 heterocycles. The Bertz CT molecular complexity index is 1320. The largest absolute Gasteiger partial charge is 0.493 e. The average Bonchev–Trinajstić information content (AvgIpc) is 3.63. The van der Waals surface area contributed by atoms with Crippen molar-refractivity contribution in [2.45, 2.75) is 62.6 Å². The van der Waals surface area contributed by atoms with Gasteiger partial charge in [-0.2, -0.15) is 11.3 Å². The highest BCUT2D eigenvalue weighted by atomic mass is 32.1.